The largest absolute Gasteiger partial charge is 0.462 e. The summed E-state index contributed by atoms with van der Waals surface area (Å²) in [6.45, 7) is 1.90. The number of ether oxygens (including phenoxy) is 2. The summed E-state index contributed by atoms with van der Waals surface area (Å²) in [7, 11) is 1.71. The van der Waals surface area contributed by atoms with Crippen LogP contribution in [0.2, 0.25) is 0 Å². The number of esters is 1. The first-order valence-corrected chi connectivity index (χ1v) is 6.09. The standard InChI is InChI=1S/C12H23NO3/c1-9(13)6-7-12(14)16-11-5-3-4-10(8-11)15-2/h9-11H,3-8,13H2,1-2H3. The summed E-state index contributed by atoms with van der Waals surface area (Å²) in [6, 6.07) is 0.0608. The first-order chi connectivity index (χ1) is 7.61. The molecule has 1 fully saturated rings. The molecule has 0 radical (unpaired) electrons. The number of hydrogen-bond acceptors (Lipinski definition) is 4. The Kier molecular flexibility index (Phi) is 5.77. The van der Waals surface area contributed by atoms with Crippen LogP contribution in [0.25, 0.3) is 0 Å². The maximum Gasteiger partial charge on any atom is 0.306 e. The van der Waals surface area contributed by atoms with Gasteiger partial charge in [-0.2, -0.15) is 0 Å². The van der Waals surface area contributed by atoms with Crippen molar-refractivity contribution in [1.29, 1.82) is 0 Å². The van der Waals surface area contributed by atoms with Crippen molar-refractivity contribution in [1.82, 2.24) is 0 Å². The van der Waals surface area contributed by atoms with Crippen LogP contribution in [0, 0.1) is 0 Å². The average molecular weight is 229 g/mol. The topological polar surface area (TPSA) is 61.5 Å². The van der Waals surface area contributed by atoms with Gasteiger partial charge in [0.05, 0.1) is 6.10 Å². The molecule has 1 saturated carbocycles. The zero-order valence-electron chi connectivity index (χ0n) is 10.3. The van der Waals surface area contributed by atoms with Crippen LogP contribution in [0.4, 0.5) is 0 Å². The van der Waals surface area contributed by atoms with Gasteiger partial charge in [0.25, 0.3) is 0 Å². The minimum Gasteiger partial charge on any atom is -0.462 e. The van der Waals surface area contributed by atoms with Crippen LogP contribution in [0.1, 0.15) is 45.4 Å². The molecule has 1 aliphatic rings. The van der Waals surface area contributed by atoms with E-state index in [2.05, 4.69) is 0 Å². The van der Waals surface area contributed by atoms with Crippen molar-refractivity contribution in [3.8, 4) is 0 Å². The lowest BCUT2D eigenvalue weighted by atomic mass is 9.95. The summed E-state index contributed by atoms with van der Waals surface area (Å²) >= 11 is 0. The van der Waals surface area contributed by atoms with Crippen LogP contribution in [0.15, 0.2) is 0 Å². The summed E-state index contributed by atoms with van der Waals surface area (Å²) in [5.74, 6) is -0.126. The third kappa shape index (κ3) is 4.94. The smallest absolute Gasteiger partial charge is 0.306 e. The second-order valence-corrected chi connectivity index (χ2v) is 4.65. The minimum absolute atomic E-state index is 0.0410. The van der Waals surface area contributed by atoms with Crippen molar-refractivity contribution in [2.45, 2.75) is 63.7 Å². The van der Waals surface area contributed by atoms with E-state index in [0.29, 0.717) is 12.8 Å². The Hall–Kier alpha value is -0.610. The maximum atomic E-state index is 11.5. The van der Waals surface area contributed by atoms with E-state index < -0.39 is 0 Å². The molecule has 0 aliphatic heterocycles. The lowest BCUT2D eigenvalue weighted by Gasteiger charge is -2.27. The van der Waals surface area contributed by atoms with Crippen LogP contribution in [0.5, 0.6) is 0 Å². The predicted molar refractivity (Wildman–Crippen MR) is 62.0 cm³/mol. The number of carbonyl (C=O) groups is 1. The first kappa shape index (κ1) is 13.5. The zero-order chi connectivity index (χ0) is 12.0. The molecular weight excluding hydrogens is 206 g/mol. The van der Waals surface area contributed by atoms with E-state index in [1.807, 2.05) is 6.92 Å². The highest BCUT2D eigenvalue weighted by atomic mass is 16.5. The molecule has 0 heterocycles. The van der Waals surface area contributed by atoms with Crippen LogP contribution < -0.4 is 5.73 Å². The number of hydrogen-bond donors (Lipinski definition) is 1. The molecule has 0 aromatic rings. The summed E-state index contributed by atoms with van der Waals surface area (Å²) in [5.41, 5.74) is 5.59. The van der Waals surface area contributed by atoms with Crippen molar-refractivity contribution < 1.29 is 14.3 Å². The Morgan fingerprint density at radius 2 is 2.12 bits per heavy atom. The van der Waals surface area contributed by atoms with E-state index in [0.717, 1.165) is 25.7 Å². The SMILES string of the molecule is COC1CCCC(OC(=O)CCC(C)N)C1. The molecule has 0 bridgehead atoms. The Bertz CT molecular complexity index is 218. The predicted octanol–water partition coefficient (Wildman–Crippen LogP) is 1.61. The van der Waals surface area contributed by atoms with E-state index in [1.165, 1.54) is 0 Å². The minimum atomic E-state index is -0.126. The maximum absolute atomic E-state index is 11.5. The number of nitrogens with two attached hydrogens (primary N) is 1. The van der Waals surface area contributed by atoms with Gasteiger partial charge in [0.1, 0.15) is 6.10 Å². The monoisotopic (exact) mass is 229 g/mol. The van der Waals surface area contributed by atoms with Crippen molar-refractivity contribution in [3.05, 3.63) is 0 Å². The van der Waals surface area contributed by atoms with Gasteiger partial charge in [-0.1, -0.05) is 0 Å². The molecule has 1 aliphatic carbocycles. The van der Waals surface area contributed by atoms with Gasteiger partial charge in [-0.25, -0.2) is 0 Å². The number of carbonyl (C=O) groups excluding carboxylic acids is 1. The molecule has 1 rings (SSSR count). The highest BCUT2D eigenvalue weighted by Gasteiger charge is 2.24. The molecule has 2 N–H and O–H groups in total. The van der Waals surface area contributed by atoms with E-state index in [4.69, 9.17) is 15.2 Å². The molecule has 4 heteroatoms. The highest BCUT2D eigenvalue weighted by molar-refractivity contribution is 5.69. The van der Waals surface area contributed by atoms with Gasteiger partial charge in [-0.05, 0) is 32.6 Å². The van der Waals surface area contributed by atoms with Gasteiger partial charge in [0, 0.05) is 26.0 Å². The zero-order valence-corrected chi connectivity index (χ0v) is 10.3. The van der Waals surface area contributed by atoms with E-state index >= 15 is 0 Å². The Balaban J connectivity index is 2.22. The number of methoxy groups -OCH3 is 1. The van der Waals surface area contributed by atoms with E-state index in [9.17, 15) is 4.79 Å². The van der Waals surface area contributed by atoms with Crippen LogP contribution in [-0.4, -0.2) is 31.3 Å². The van der Waals surface area contributed by atoms with Crippen molar-refractivity contribution in [3.63, 3.8) is 0 Å². The summed E-state index contributed by atoms with van der Waals surface area (Å²) in [4.78, 5) is 11.5. The first-order valence-electron chi connectivity index (χ1n) is 6.09. The summed E-state index contributed by atoms with van der Waals surface area (Å²) < 4.78 is 10.7. The van der Waals surface area contributed by atoms with Crippen LogP contribution in [-0.2, 0) is 14.3 Å². The van der Waals surface area contributed by atoms with Gasteiger partial charge >= 0.3 is 5.97 Å². The second-order valence-electron chi connectivity index (χ2n) is 4.65. The summed E-state index contributed by atoms with van der Waals surface area (Å²) in [5, 5.41) is 0. The molecule has 3 atom stereocenters. The third-order valence-electron chi connectivity index (χ3n) is 3.01. The molecule has 3 unspecified atom stereocenters. The molecule has 16 heavy (non-hydrogen) atoms. The fourth-order valence-corrected chi connectivity index (χ4v) is 2.01. The summed E-state index contributed by atoms with van der Waals surface area (Å²) in [6.07, 6.45) is 5.35. The third-order valence-corrected chi connectivity index (χ3v) is 3.01. The Morgan fingerprint density at radius 1 is 1.44 bits per heavy atom. The van der Waals surface area contributed by atoms with Gasteiger partial charge in [-0.3, -0.25) is 4.79 Å². The molecule has 0 aromatic heterocycles. The highest BCUT2D eigenvalue weighted by Crippen LogP contribution is 2.23. The Labute approximate surface area is 97.5 Å². The van der Waals surface area contributed by atoms with Gasteiger partial charge in [0.2, 0.25) is 0 Å². The molecule has 0 amide bonds. The van der Waals surface area contributed by atoms with Crippen LogP contribution in [0.3, 0.4) is 0 Å². The van der Waals surface area contributed by atoms with Gasteiger partial charge in [-0.15, -0.1) is 0 Å². The lowest BCUT2D eigenvalue weighted by molar-refractivity contribution is -0.152. The number of rotatable bonds is 5. The fraction of sp³-hybridized carbons (Fsp3) is 0.917. The quantitative estimate of drug-likeness (QED) is 0.728. The van der Waals surface area contributed by atoms with Crippen molar-refractivity contribution in [2.24, 2.45) is 5.73 Å². The molecule has 0 aromatic carbocycles. The average Bonchev–Trinajstić information content (AvgIpc) is 2.26. The fourth-order valence-electron chi connectivity index (χ4n) is 2.01. The Morgan fingerprint density at radius 3 is 2.75 bits per heavy atom. The van der Waals surface area contributed by atoms with Crippen LogP contribution >= 0.6 is 0 Å². The molecule has 0 spiro atoms. The molecule has 4 nitrogen and oxygen atoms in total. The van der Waals surface area contributed by atoms with Gasteiger partial charge in [0.15, 0.2) is 0 Å². The van der Waals surface area contributed by atoms with E-state index in [1.54, 1.807) is 7.11 Å². The lowest BCUT2D eigenvalue weighted by Crippen LogP contribution is -2.29. The van der Waals surface area contributed by atoms with Gasteiger partial charge < -0.3 is 15.2 Å². The normalized spacial score (nSPS) is 27.4. The van der Waals surface area contributed by atoms with Crippen molar-refractivity contribution in [2.75, 3.05) is 7.11 Å². The second kappa shape index (κ2) is 6.86. The van der Waals surface area contributed by atoms with E-state index in [-0.39, 0.29) is 24.2 Å². The molecule has 94 valence electrons. The molecular formula is C12H23NO3. The van der Waals surface area contributed by atoms with Crippen molar-refractivity contribution >= 4 is 5.97 Å². The molecule has 0 saturated heterocycles.